The van der Waals surface area contributed by atoms with E-state index < -0.39 is 16.2 Å². The topological polar surface area (TPSA) is 66.8 Å². The zero-order chi connectivity index (χ0) is 14.6. The van der Waals surface area contributed by atoms with E-state index in [9.17, 15) is 13.2 Å². The minimum atomic E-state index is -3.62. The van der Waals surface area contributed by atoms with E-state index >= 15 is 0 Å². The van der Waals surface area contributed by atoms with Crippen LogP contribution in [0.4, 0.5) is 0 Å². The summed E-state index contributed by atoms with van der Waals surface area (Å²) < 4.78 is 26.8. The molecular weight excluding hydrogens is 276 g/mol. The largest absolute Gasteiger partial charge is 0.244 e. The third-order valence-electron chi connectivity index (χ3n) is 3.47. The lowest BCUT2D eigenvalue weighted by molar-refractivity contribution is 0.330. The van der Waals surface area contributed by atoms with Crippen molar-refractivity contribution in [2.45, 2.75) is 43.7 Å². The van der Waals surface area contributed by atoms with Crippen LogP contribution in [0.2, 0.25) is 0 Å². The molecule has 0 amide bonds. The summed E-state index contributed by atoms with van der Waals surface area (Å²) in [6, 6.07) is 6.79. The highest BCUT2D eigenvalue weighted by molar-refractivity contribution is 7.89. The Balaban J connectivity index is 2.41. The molecule has 0 radical (unpaired) electrons. The van der Waals surface area contributed by atoms with Crippen molar-refractivity contribution in [1.82, 2.24) is 4.31 Å². The molecule has 108 valence electrons. The van der Waals surface area contributed by atoms with E-state index in [1.807, 2.05) is 13.0 Å². The Morgan fingerprint density at radius 3 is 2.80 bits per heavy atom. The predicted molar refractivity (Wildman–Crippen MR) is 75.4 cm³/mol. The highest BCUT2D eigenvalue weighted by Gasteiger charge is 2.32. The van der Waals surface area contributed by atoms with Gasteiger partial charge in [0.15, 0.2) is 0 Å². The van der Waals surface area contributed by atoms with Crippen LogP contribution in [-0.2, 0) is 14.8 Å². The fourth-order valence-electron chi connectivity index (χ4n) is 2.45. The summed E-state index contributed by atoms with van der Waals surface area (Å²) in [5.74, 6) is 0. The third-order valence-corrected chi connectivity index (χ3v) is 5.36. The first-order valence-electron chi connectivity index (χ1n) is 6.71. The monoisotopic (exact) mass is 294 g/mol. The normalized spacial score (nSPS) is 20.9. The summed E-state index contributed by atoms with van der Waals surface area (Å²) in [6.45, 7) is 2.24. The molecular formula is C14H18N2O3S. The molecule has 1 saturated heterocycles. The van der Waals surface area contributed by atoms with Gasteiger partial charge in [-0.15, -0.1) is 0 Å². The Bertz CT molecular complexity index is 621. The summed E-state index contributed by atoms with van der Waals surface area (Å²) in [5, 5.41) is 0. The van der Waals surface area contributed by atoms with Crippen LogP contribution >= 0.6 is 0 Å². The van der Waals surface area contributed by atoms with Gasteiger partial charge in [-0.25, -0.2) is 13.2 Å². The van der Waals surface area contributed by atoms with E-state index in [2.05, 4.69) is 4.99 Å². The van der Waals surface area contributed by atoms with E-state index in [0.717, 1.165) is 24.8 Å². The van der Waals surface area contributed by atoms with Crippen molar-refractivity contribution >= 4 is 16.1 Å². The highest BCUT2D eigenvalue weighted by Crippen LogP contribution is 2.25. The lowest BCUT2D eigenvalue weighted by Gasteiger charge is -2.25. The molecule has 0 bridgehead atoms. The lowest BCUT2D eigenvalue weighted by atomic mass is 10.2. The molecule has 0 N–H and O–H groups in total. The maximum absolute atomic E-state index is 12.7. The zero-order valence-corrected chi connectivity index (χ0v) is 12.3. The molecule has 1 aromatic rings. The minimum absolute atomic E-state index is 0.255. The number of sulfonamides is 1. The second-order valence-electron chi connectivity index (χ2n) is 4.98. The fourth-order valence-corrected chi connectivity index (χ4v) is 4.14. The molecule has 1 aliphatic heterocycles. The molecule has 1 unspecified atom stereocenters. The molecule has 0 spiro atoms. The highest BCUT2D eigenvalue weighted by atomic mass is 32.2. The summed E-state index contributed by atoms with van der Waals surface area (Å²) in [6.07, 6.45) is 4.05. The second kappa shape index (κ2) is 6.31. The Morgan fingerprint density at radius 1 is 1.30 bits per heavy atom. The van der Waals surface area contributed by atoms with Crippen molar-refractivity contribution in [1.29, 1.82) is 0 Å². The molecule has 20 heavy (non-hydrogen) atoms. The number of aryl methyl sites for hydroxylation is 1. The average Bonchev–Trinajstić information content (AvgIpc) is 2.65. The molecule has 1 fully saturated rings. The SMILES string of the molecule is Cc1cccc(S(=O)(=O)N2CCCCCC2N=C=O)c1. The fraction of sp³-hybridized carbons (Fsp3) is 0.500. The molecule has 0 aliphatic carbocycles. The number of isocyanates is 1. The van der Waals surface area contributed by atoms with Crippen molar-refractivity contribution < 1.29 is 13.2 Å². The van der Waals surface area contributed by atoms with Crippen LogP contribution in [0.15, 0.2) is 34.2 Å². The third kappa shape index (κ3) is 3.15. The van der Waals surface area contributed by atoms with Crippen molar-refractivity contribution in [2.24, 2.45) is 4.99 Å². The van der Waals surface area contributed by atoms with Crippen molar-refractivity contribution in [3.8, 4) is 0 Å². The minimum Gasteiger partial charge on any atom is -0.211 e. The second-order valence-corrected chi connectivity index (χ2v) is 6.87. The molecule has 0 saturated carbocycles. The first-order chi connectivity index (χ1) is 9.55. The Hall–Kier alpha value is -1.49. The Kier molecular flexibility index (Phi) is 4.70. The number of nitrogens with zero attached hydrogens (tertiary/aromatic N) is 2. The van der Waals surface area contributed by atoms with Crippen LogP contribution in [0, 0.1) is 6.92 Å². The van der Waals surface area contributed by atoms with Gasteiger partial charge in [0, 0.05) is 6.54 Å². The van der Waals surface area contributed by atoms with Crippen molar-refractivity contribution in [3.63, 3.8) is 0 Å². The summed E-state index contributed by atoms with van der Waals surface area (Å²) in [4.78, 5) is 14.5. The maximum atomic E-state index is 12.7. The van der Waals surface area contributed by atoms with E-state index in [1.165, 1.54) is 10.4 Å². The molecule has 1 aromatic carbocycles. The van der Waals surface area contributed by atoms with Crippen LogP contribution in [0.5, 0.6) is 0 Å². The number of rotatable bonds is 3. The van der Waals surface area contributed by atoms with Gasteiger partial charge in [-0.05, 0) is 43.9 Å². The van der Waals surface area contributed by atoms with E-state index in [1.54, 1.807) is 18.2 Å². The summed E-state index contributed by atoms with van der Waals surface area (Å²) >= 11 is 0. The summed E-state index contributed by atoms with van der Waals surface area (Å²) in [5.41, 5.74) is 0.885. The van der Waals surface area contributed by atoms with Gasteiger partial charge in [-0.2, -0.15) is 9.30 Å². The van der Waals surface area contributed by atoms with Crippen LogP contribution in [-0.4, -0.2) is 31.5 Å². The smallest absolute Gasteiger partial charge is 0.211 e. The van der Waals surface area contributed by atoms with Gasteiger partial charge < -0.3 is 0 Å². The van der Waals surface area contributed by atoms with E-state index in [0.29, 0.717) is 13.0 Å². The molecule has 1 atom stereocenters. The average molecular weight is 294 g/mol. The van der Waals surface area contributed by atoms with E-state index in [4.69, 9.17) is 0 Å². The first-order valence-corrected chi connectivity index (χ1v) is 8.15. The number of carbonyl (C=O) groups excluding carboxylic acids is 1. The Labute approximate surface area is 119 Å². The van der Waals surface area contributed by atoms with Crippen LogP contribution in [0.3, 0.4) is 0 Å². The molecule has 6 heteroatoms. The van der Waals surface area contributed by atoms with Gasteiger partial charge in [-0.3, -0.25) is 0 Å². The van der Waals surface area contributed by atoms with Crippen LogP contribution in [0.25, 0.3) is 0 Å². The molecule has 0 aromatic heterocycles. The maximum Gasteiger partial charge on any atom is 0.244 e. The molecule has 1 aliphatic rings. The number of aliphatic imine (C=N–C) groups is 1. The number of hydrogen-bond acceptors (Lipinski definition) is 4. The first kappa shape index (κ1) is 14.9. The van der Waals surface area contributed by atoms with Gasteiger partial charge in [-0.1, -0.05) is 18.6 Å². The number of hydrogen-bond donors (Lipinski definition) is 0. The number of benzene rings is 1. The lowest BCUT2D eigenvalue weighted by Crippen LogP contribution is -2.38. The molecule has 2 rings (SSSR count). The standard InChI is InChI=1S/C14H18N2O3S/c1-12-6-5-7-13(10-12)20(18,19)16-9-4-2-3-8-14(16)15-11-17/h5-7,10,14H,2-4,8-9H2,1H3. The van der Waals surface area contributed by atoms with Gasteiger partial charge in [0.1, 0.15) is 6.17 Å². The van der Waals surface area contributed by atoms with Crippen LogP contribution in [0.1, 0.15) is 31.2 Å². The predicted octanol–water partition coefficient (Wildman–Crippen LogP) is 2.22. The van der Waals surface area contributed by atoms with Gasteiger partial charge in [0.05, 0.1) is 4.90 Å². The van der Waals surface area contributed by atoms with Crippen LogP contribution < -0.4 is 0 Å². The molecule has 1 heterocycles. The zero-order valence-electron chi connectivity index (χ0n) is 11.4. The van der Waals surface area contributed by atoms with Crippen molar-refractivity contribution in [3.05, 3.63) is 29.8 Å². The molecule has 5 nitrogen and oxygen atoms in total. The quantitative estimate of drug-likeness (QED) is 0.634. The van der Waals surface area contributed by atoms with Gasteiger partial charge in [0.25, 0.3) is 0 Å². The van der Waals surface area contributed by atoms with Gasteiger partial charge >= 0.3 is 0 Å². The summed E-state index contributed by atoms with van der Waals surface area (Å²) in [7, 11) is -3.62. The Morgan fingerprint density at radius 2 is 2.10 bits per heavy atom. The van der Waals surface area contributed by atoms with Gasteiger partial charge in [0.2, 0.25) is 16.1 Å². The van der Waals surface area contributed by atoms with Crippen molar-refractivity contribution in [2.75, 3.05) is 6.54 Å². The van der Waals surface area contributed by atoms with E-state index in [-0.39, 0.29) is 4.90 Å².